The second-order valence-corrected chi connectivity index (χ2v) is 4.91. The van der Waals surface area contributed by atoms with E-state index >= 15 is 0 Å². The first kappa shape index (κ1) is 17.2. The van der Waals surface area contributed by atoms with E-state index in [0.717, 1.165) is 0 Å². The zero-order valence-corrected chi connectivity index (χ0v) is 12.3. The van der Waals surface area contributed by atoms with Gasteiger partial charge in [-0.15, -0.1) is 0 Å². The Morgan fingerprint density at radius 3 is 2.52 bits per heavy atom. The molecule has 8 heteroatoms. The minimum atomic E-state index is -0.843. The number of carbonyl (C=O) groups is 3. The van der Waals surface area contributed by atoms with Gasteiger partial charge < -0.3 is 25.4 Å². The van der Waals surface area contributed by atoms with Crippen molar-refractivity contribution in [1.29, 1.82) is 0 Å². The molecule has 0 aromatic carbocycles. The average molecular weight is 301 g/mol. The molecular formula is C13H23N3O5. The molecule has 0 saturated carbocycles. The Labute approximate surface area is 123 Å². The Morgan fingerprint density at radius 1 is 1.24 bits per heavy atom. The number of aliphatic carboxylic acids is 1. The van der Waals surface area contributed by atoms with Crippen LogP contribution in [0.3, 0.4) is 0 Å². The molecule has 0 aromatic heterocycles. The second-order valence-electron chi connectivity index (χ2n) is 4.91. The van der Waals surface area contributed by atoms with E-state index in [0.29, 0.717) is 45.7 Å². The minimum Gasteiger partial charge on any atom is -0.481 e. The number of hydrogen-bond acceptors (Lipinski definition) is 4. The van der Waals surface area contributed by atoms with Crippen molar-refractivity contribution in [1.82, 2.24) is 15.5 Å². The number of nitrogens with one attached hydrogen (secondary N) is 2. The number of carboxylic acid groups (broad SMARTS) is 1. The highest BCUT2D eigenvalue weighted by atomic mass is 16.5. The first-order chi connectivity index (χ1) is 10.0. The third-order valence-electron chi connectivity index (χ3n) is 3.14. The van der Waals surface area contributed by atoms with Crippen LogP contribution in [0.4, 0.5) is 4.79 Å². The fourth-order valence-corrected chi connectivity index (χ4v) is 1.97. The van der Waals surface area contributed by atoms with Gasteiger partial charge >= 0.3 is 12.0 Å². The molecule has 1 unspecified atom stereocenters. The van der Waals surface area contributed by atoms with Crippen LogP contribution < -0.4 is 10.6 Å². The normalized spacial score (nSPS) is 16.1. The molecule has 0 aromatic rings. The monoisotopic (exact) mass is 301 g/mol. The topological polar surface area (TPSA) is 108 Å². The highest BCUT2D eigenvalue weighted by molar-refractivity contribution is 5.86. The third-order valence-corrected chi connectivity index (χ3v) is 3.14. The number of unbranched alkanes of at least 4 members (excludes halogenated alkanes) is 1. The number of carboxylic acids is 1. The zero-order valence-electron chi connectivity index (χ0n) is 12.3. The molecule has 8 nitrogen and oxygen atoms in total. The molecule has 1 fully saturated rings. The van der Waals surface area contributed by atoms with Gasteiger partial charge in [0.25, 0.3) is 0 Å². The molecule has 1 saturated heterocycles. The van der Waals surface area contributed by atoms with Gasteiger partial charge in [0.1, 0.15) is 6.04 Å². The van der Waals surface area contributed by atoms with E-state index < -0.39 is 18.0 Å². The summed E-state index contributed by atoms with van der Waals surface area (Å²) in [6, 6.07) is -1.01. The molecule has 3 amide bonds. The number of rotatable bonds is 7. The smallest absolute Gasteiger partial charge is 0.315 e. The maximum Gasteiger partial charge on any atom is 0.315 e. The lowest BCUT2D eigenvalue weighted by Gasteiger charge is -2.29. The zero-order chi connectivity index (χ0) is 15.7. The Balaban J connectivity index is 2.17. The molecule has 1 aliphatic heterocycles. The molecule has 0 radical (unpaired) electrons. The lowest BCUT2D eigenvalue weighted by Crippen LogP contribution is -2.52. The van der Waals surface area contributed by atoms with Crippen molar-refractivity contribution in [2.75, 3.05) is 32.8 Å². The predicted octanol–water partition coefficient (Wildman–Crippen LogP) is -0.212. The number of amides is 3. The Hall–Kier alpha value is -1.83. The molecule has 0 spiro atoms. The van der Waals surface area contributed by atoms with Crippen molar-refractivity contribution in [3.63, 3.8) is 0 Å². The molecule has 21 heavy (non-hydrogen) atoms. The third kappa shape index (κ3) is 6.94. The molecule has 0 aliphatic carbocycles. The lowest BCUT2D eigenvalue weighted by molar-refractivity contribution is -0.137. The quantitative estimate of drug-likeness (QED) is 0.564. The SMILES string of the molecule is CC(NC(=O)NCCCCC(=O)O)C(=O)N1CCOCC1. The molecular weight excluding hydrogens is 278 g/mol. The Kier molecular flexibility index (Phi) is 7.52. The van der Waals surface area contributed by atoms with Crippen LogP contribution in [0.5, 0.6) is 0 Å². The van der Waals surface area contributed by atoms with E-state index in [4.69, 9.17) is 9.84 Å². The summed E-state index contributed by atoms with van der Waals surface area (Å²) in [7, 11) is 0. The summed E-state index contributed by atoms with van der Waals surface area (Å²) in [6.45, 7) is 4.16. The summed E-state index contributed by atoms with van der Waals surface area (Å²) in [5.74, 6) is -0.969. The fraction of sp³-hybridized carbons (Fsp3) is 0.769. The van der Waals surface area contributed by atoms with Gasteiger partial charge in [-0.1, -0.05) is 0 Å². The van der Waals surface area contributed by atoms with Gasteiger partial charge in [0.2, 0.25) is 5.91 Å². The van der Waals surface area contributed by atoms with Crippen LogP contribution >= 0.6 is 0 Å². The van der Waals surface area contributed by atoms with Gasteiger partial charge in [-0.05, 0) is 19.8 Å². The molecule has 120 valence electrons. The summed E-state index contributed by atoms with van der Waals surface area (Å²) >= 11 is 0. The van der Waals surface area contributed by atoms with E-state index in [9.17, 15) is 14.4 Å². The molecule has 1 aliphatic rings. The molecule has 1 atom stereocenters. The standard InChI is InChI=1S/C13H23N3O5/c1-10(12(19)16-6-8-21-9-7-16)15-13(20)14-5-3-2-4-11(17)18/h10H,2-9H2,1H3,(H,17,18)(H2,14,15,20). The number of hydrogen-bond donors (Lipinski definition) is 3. The lowest BCUT2D eigenvalue weighted by atomic mass is 10.2. The highest BCUT2D eigenvalue weighted by Crippen LogP contribution is 2.00. The predicted molar refractivity (Wildman–Crippen MR) is 74.9 cm³/mol. The highest BCUT2D eigenvalue weighted by Gasteiger charge is 2.23. The fourth-order valence-electron chi connectivity index (χ4n) is 1.97. The van der Waals surface area contributed by atoms with E-state index in [1.165, 1.54) is 0 Å². The van der Waals surface area contributed by atoms with Crippen LogP contribution in [-0.4, -0.2) is 66.8 Å². The van der Waals surface area contributed by atoms with E-state index in [2.05, 4.69) is 10.6 Å². The van der Waals surface area contributed by atoms with Gasteiger partial charge in [-0.25, -0.2) is 4.79 Å². The van der Waals surface area contributed by atoms with Crippen molar-refractivity contribution in [2.24, 2.45) is 0 Å². The number of ether oxygens (including phenoxy) is 1. The number of carbonyl (C=O) groups excluding carboxylic acids is 2. The number of urea groups is 1. The van der Waals surface area contributed by atoms with Gasteiger partial charge in [0, 0.05) is 26.1 Å². The second kappa shape index (κ2) is 9.17. The average Bonchev–Trinajstić information content (AvgIpc) is 2.46. The van der Waals surface area contributed by atoms with Crippen LogP contribution in [-0.2, 0) is 14.3 Å². The number of nitrogens with zero attached hydrogens (tertiary/aromatic N) is 1. The summed E-state index contributed by atoms with van der Waals surface area (Å²) in [5, 5.41) is 13.7. The first-order valence-corrected chi connectivity index (χ1v) is 7.13. The summed E-state index contributed by atoms with van der Waals surface area (Å²) in [4.78, 5) is 35.6. The van der Waals surface area contributed by atoms with Crippen LogP contribution in [0.15, 0.2) is 0 Å². The van der Waals surface area contributed by atoms with Gasteiger partial charge in [0.15, 0.2) is 0 Å². The summed E-state index contributed by atoms with van der Waals surface area (Å²) < 4.78 is 5.17. The summed E-state index contributed by atoms with van der Waals surface area (Å²) in [6.07, 6.45) is 1.19. The Morgan fingerprint density at radius 2 is 1.90 bits per heavy atom. The molecule has 3 N–H and O–H groups in total. The maximum absolute atomic E-state index is 12.0. The number of morpholine rings is 1. The summed E-state index contributed by atoms with van der Waals surface area (Å²) in [5.41, 5.74) is 0. The first-order valence-electron chi connectivity index (χ1n) is 7.13. The van der Waals surface area contributed by atoms with Gasteiger partial charge in [0.05, 0.1) is 13.2 Å². The van der Waals surface area contributed by atoms with Crippen LogP contribution in [0.2, 0.25) is 0 Å². The molecule has 0 bridgehead atoms. The maximum atomic E-state index is 12.0. The largest absolute Gasteiger partial charge is 0.481 e. The van der Waals surface area contributed by atoms with E-state index in [-0.39, 0.29) is 12.3 Å². The van der Waals surface area contributed by atoms with E-state index in [1.54, 1.807) is 11.8 Å². The van der Waals surface area contributed by atoms with Crippen LogP contribution in [0, 0.1) is 0 Å². The van der Waals surface area contributed by atoms with Crippen LogP contribution in [0.25, 0.3) is 0 Å². The van der Waals surface area contributed by atoms with Crippen molar-refractivity contribution in [3.8, 4) is 0 Å². The molecule has 1 heterocycles. The Bertz CT molecular complexity index is 369. The van der Waals surface area contributed by atoms with Crippen molar-refractivity contribution >= 4 is 17.9 Å². The van der Waals surface area contributed by atoms with Crippen molar-refractivity contribution in [3.05, 3.63) is 0 Å². The van der Waals surface area contributed by atoms with Crippen LogP contribution in [0.1, 0.15) is 26.2 Å². The van der Waals surface area contributed by atoms with Crippen molar-refractivity contribution < 1.29 is 24.2 Å². The minimum absolute atomic E-state index is 0.0925. The van der Waals surface area contributed by atoms with E-state index in [1.807, 2.05) is 0 Å². The van der Waals surface area contributed by atoms with Gasteiger partial charge in [-0.2, -0.15) is 0 Å². The molecule has 1 rings (SSSR count). The van der Waals surface area contributed by atoms with Gasteiger partial charge in [-0.3, -0.25) is 9.59 Å². The van der Waals surface area contributed by atoms with Crippen molar-refractivity contribution in [2.45, 2.75) is 32.2 Å².